The van der Waals surface area contributed by atoms with Gasteiger partial charge in [-0.1, -0.05) is 22.9 Å². The van der Waals surface area contributed by atoms with Crippen molar-refractivity contribution in [3.8, 4) is 5.75 Å². The minimum atomic E-state index is -4.05. The highest BCUT2D eigenvalue weighted by atomic mass is 35.5. The van der Waals surface area contributed by atoms with Gasteiger partial charge in [-0.25, -0.2) is 13.4 Å². The van der Waals surface area contributed by atoms with Crippen molar-refractivity contribution in [3.05, 3.63) is 38.5 Å². The second-order valence-corrected chi connectivity index (χ2v) is 7.36. The molecule has 8 nitrogen and oxygen atoms in total. The van der Waals surface area contributed by atoms with Crippen molar-refractivity contribution >= 4 is 44.3 Å². The summed E-state index contributed by atoms with van der Waals surface area (Å²) in [7, 11) is -4.05. The van der Waals surface area contributed by atoms with Crippen molar-refractivity contribution in [1.29, 1.82) is 0 Å². The van der Waals surface area contributed by atoms with Gasteiger partial charge in [0, 0.05) is 12.1 Å². The molecule has 0 unspecified atom stereocenters. The summed E-state index contributed by atoms with van der Waals surface area (Å²) >= 11 is 6.39. The Kier molecular flexibility index (Phi) is 4.03. The van der Waals surface area contributed by atoms with E-state index in [0.29, 0.717) is 0 Å². The fourth-order valence-electron chi connectivity index (χ4n) is 1.51. The van der Waals surface area contributed by atoms with Crippen LogP contribution in [-0.2, 0) is 10.0 Å². The van der Waals surface area contributed by atoms with E-state index in [1.165, 1.54) is 6.92 Å². The molecule has 2 N–H and O–H groups in total. The zero-order chi connectivity index (χ0) is 15.8. The Morgan fingerprint density at radius 2 is 2.14 bits per heavy atom. The minimum absolute atomic E-state index is 0.0520. The number of hydrogen-bond acceptors (Lipinski definition) is 7. The lowest BCUT2D eigenvalue weighted by atomic mass is 10.2. The van der Waals surface area contributed by atoms with E-state index in [2.05, 4.69) is 9.71 Å². The predicted molar refractivity (Wildman–Crippen MR) is 77.4 cm³/mol. The predicted octanol–water partition coefficient (Wildman–Crippen LogP) is 2.52. The summed E-state index contributed by atoms with van der Waals surface area (Å²) in [4.78, 5) is 13.8. The molecule has 0 aliphatic rings. The number of nitrogens with zero attached hydrogens (tertiary/aromatic N) is 2. The third-order valence-corrected chi connectivity index (χ3v) is 5.64. The standard InChI is InChI=1S/C10H8ClN3O5S2/c1-5-9(20-10(11)12-5)21(18,19)13-7-4-6(14(16)17)2-3-8(7)15/h2-4,13,15H,1H3. The number of benzene rings is 1. The number of sulfonamides is 1. The van der Waals surface area contributed by atoms with Gasteiger partial charge in [0.25, 0.3) is 15.7 Å². The topological polar surface area (TPSA) is 122 Å². The van der Waals surface area contributed by atoms with E-state index in [1.807, 2.05) is 0 Å². The second-order valence-electron chi connectivity index (χ2n) is 3.90. The maximum absolute atomic E-state index is 12.2. The second kappa shape index (κ2) is 5.47. The van der Waals surface area contributed by atoms with Crippen molar-refractivity contribution < 1.29 is 18.4 Å². The summed E-state index contributed by atoms with van der Waals surface area (Å²) in [5.74, 6) is -0.433. The van der Waals surface area contributed by atoms with E-state index in [9.17, 15) is 23.6 Å². The van der Waals surface area contributed by atoms with Gasteiger partial charge in [-0.2, -0.15) is 0 Å². The van der Waals surface area contributed by atoms with Gasteiger partial charge in [0.1, 0.15) is 5.75 Å². The third kappa shape index (κ3) is 3.23. The van der Waals surface area contributed by atoms with Crippen LogP contribution in [0.5, 0.6) is 5.75 Å². The quantitative estimate of drug-likeness (QED) is 0.496. The molecule has 1 heterocycles. The van der Waals surface area contributed by atoms with Gasteiger partial charge in [0.05, 0.1) is 16.3 Å². The Morgan fingerprint density at radius 3 is 2.67 bits per heavy atom. The van der Waals surface area contributed by atoms with Crippen LogP contribution < -0.4 is 4.72 Å². The molecular weight excluding hydrogens is 342 g/mol. The van der Waals surface area contributed by atoms with Crippen molar-refractivity contribution in [2.75, 3.05) is 4.72 Å². The summed E-state index contributed by atoms with van der Waals surface area (Å²) in [6.45, 7) is 1.46. The number of nitro benzene ring substituents is 1. The van der Waals surface area contributed by atoms with Crippen LogP contribution in [0.2, 0.25) is 4.47 Å². The highest BCUT2D eigenvalue weighted by molar-refractivity contribution is 7.94. The van der Waals surface area contributed by atoms with Crippen molar-refractivity contribution in [3.63, 3.8) is 0 Å². The van der Waals surface area contributed by atoms with Crippen molar-refractivity contribution in [2.24, 2.45) is 0 Å². The van der Waals surface area contributed by atoms with Gasteiger partial charge < -0.3 is 5.11 Å². The molecule has 112 valence electrons. The summed E-state index contributed by atoms with van der Waals surface area (Å²) in [5, 5.41) is 20.3. The molecule has 0 bridgehead atoms. The van der Waals surface area contributed by atoms with E-state index in [1.54, 1.807) is 0 Å². The third-order valence-electron chi connectivity index (χ3n) is 2.41. The molecule has 0 amide bonds. The highest BCUT2D eigenvalue weighted by Crippen LogP contribution is 2.32. The number of phenols is 1. The Bertz CT molecular complexity index is 818. The van der Waals surface area contributed by atoms with E-state index >= 15 is 0 Å². The Balaban J connectivity index is 2.43. The average Bonchev–Trinajstić information content (AvgIpc) is 2.71. The molecule has 0 saturated carbocycles. The smallest absolute Gasteiger partial charge is 0.273 e. The molecule has 0 aliphatic heterocycles. The number of aromatic nitrogens is 1. The van der Waals surface area contributed by atoms with Gasteiger partial charge in [0.15, 0.2) is 8.68 Å². The molecular formula is C10H8ClN3O5S2. The summed E-state index contributed by atoms with van der Waals surface area (Å²) < 4.78 is 26.4. The number of aromatic hydroxyl groups is 1. The lowest BCUT2D eigenvalue weighted by molar-refractivity contribution is -0.384. The first kappa shape index (κ1) is 15.5. The average molecular weight is 350 g/mol. The largest absolute Gasteiger partial charge is 0.506 e. The van der Waals surface area contributed by atoms with E-state index < -0.39 is 20.7 Å². The number of rotatable bonds is 4. The van der Waals surface area contributed by atoms with E-state index in [-0.39, 0.29) is 25.7 Å². The van der Waals surface area contributed by atoms with Crippen LogP contribution in [0.15, 0.2) is 22.4 Å². The fourth-order valence-corrected chi connectivity index (χ4v) is 4.32. The molecule has 11 heteroatoms. The molecule has 0 aliphatic carbocycles. The monoisotopic (exact) mass is 349 g/mol. The molecule has 1 aromatic heterocycles. The molecule has 0 fully saturated rings. The molecule has 21 heavy (non-hydrogen) atoms. The first-order chi connectivity index (χ1) is 9.70. The number of hydrogen-bond donors (Lipinski definition) is 2. The Labute approximate surface area is 128 Å². The number of nitrogens with one attached hydrogen (secondary N) is 1. The minimum Gasteiger partial charge on any atom is -0.506 e. The molecule has 0 radical (unpaired) electrons. The SMILES string of the molecule is Cc1nc(Cl)sc1S(=O)(=O)Nc1cc([N+](=O)[O-])ccc1O. The van der Waals surface area contributed by atoms with Crippen molar-refractivity contribution in [1.82, 2.24) is 4.98 Å². The lowest BCUT2D eigenvalue weighted by Crippen LogP contribution is -2.13. The van der Waals surface area contributed by atoms with E-state index in [4.69, 9.17) is 11.6 Å². The zero-order valence-corrected chi connectivity index (χ0v) is 12.8. The number of phenolic OH excluding ortho intramolecular Hbond substituents is 1. The van der Waals surface area contributed by atoms with Gasteiger partial charge in [-0.15, -0.1) is 0 Å². The maximum atomic E-state index is 12.2. The van der Waals surface area contributed by atoms with Crippen LogP contribution in [0.25, 0.3) is 0 Å². The van der Waals surface area contributed by atoms with Gasteiger partial charge in [-0.3, -0.25) is 14.8 Å². The van der Waals surface area contributed by atoms with Crippen LogP contribution in [0.4, 0.5) is 11.4 Å². The molecule has 2 rings (SSSR count). The lowest BCUT2D eigenvalue weighted by Gasteiger charge is -2.08. The number of anilines is 1. The summed E-state index contributed by atoms with van der Waals surface area (Å²) in [5.41, 5.74) is -0.458. The first-order valence-electron chi connectivity index (χ1n) is 5.34. The Morgan fingerprint density at radius 1 is 1.48 bits per heavy atom. The van der Waals surface area contributed by atoms with Crippen molar-refractivity contribution in [2.45, 2.75) is 11.1 Å². The number of aryl methyl sites for hydroxylation is 1. The molecule has 0 saturated heterocycles. The number of halogens is 1. The van der Waals surface area contributed by atoms with Crippen LogP contribution in [0.1, 0.15) is 5.69 Å². The molecule has 0 spiro atoms. The zero-order valence-electron chi connectivity index (χ0n) is 10.4. The van der Waals surface area contributed by atoms with Gasteiger partial charge in [0.2, 0.25) is 0 Å². The normalized spacial score (nSPS) is 11.3. The van der Waals surface area contributed by atoms with Gasteiger partial charge in [-0.05, 0) is 13.0 Å². The fraction of sp³-hybridized carbons (Fsp3) is 0.100. The van der Waals surface area contributed by atoms with Crippen LogP contribution in [0, 0.1) is 17.0 Å². The summed E-state index contributed by atoms with van der Waals surface area (Å²) in [6.07, 6.45) is 0. The maximum Gasteiger partial charge on any atom is 0.273 e. The van der Waals surface area contributed by atoms with Crippen LogP contribution in [0.3, 0.4) is 0 Å². The highest BCUT2D eigenvalue weighted by Gasteiger charge is 2.23. The van der Waals surface area contributed by atoms with Gasteiger partial charge >= 0.3 is 0 Å². The summed E-state index contributed by atoms with van der Waals surface area (Å²) in [6, 6.07) is 3.01. The number of nitro groups is 1. The van der Waals surface area contributed by atoms with E-state index in [0.717, 1.165) is 29.5 Å². The Hall–Kier alpha value is -1.91. The van der Waals surface area contributed by atoms with Crippen LogP contribution >= 0.6 is 22.9 Å². The molecule has 2 aromatic rings. The molecule has 0 atom stereocenters. The molecule has 1 aromatic carbocycles. The van der Waals surface area contributed by atoms with Crippen LogP contribution in [-0.4, -0.2) is 23.4 Å². The first-order valence-corrected chi connectivity index (χ1v) is 8.01. The number of thiazole rings is 1. The number of non-ortho nitro benzene ring substituents is 1.